The van der Waals surface area contributed by atoms with Gasteiger partial charge in [-0.15, -0.1) is 5.10 Å². The fourth-order valence-electron chi connectivity index (χ4n) is 4.12. The van der Waals surface area contributed by atoms with E-state index in [-0.39, 0.29) is 36.7 Å². The number of aryl methyl sites for hydroxylation is 2. The third-order valence-electron chi connectivity index (χ3n) is 5.74. The van der Waals surface area contributed by atoms with Gasteiger partial charge in [0.2, 0.25) is 5.91 Å². The maximum Gasteiger partial charge on any atom is 0.350 e. The van der Waals surface area contributed by atoms with E-state index in [9.17, 15) is 14.4 Å². The number of aromatic amines is 1. The van der Waals surface area contributed by atoms with Crippen molar-refractivity contribution in [3.8, 4) is 0 Å². The topological polar surface area (TPSA) is 114 Å². The average molecular weight is 442 g/mol. The van der Waals surface area contributed by atoms with Gasteiger partial charge in [-0.3, -0.25) is 9.59 Å². The molecule has 0 fully saturated rings. The molecule has 0 saturated heterocycles. The van der Waals surface area contributed by atoms with E-state index in [1.54, 1.807) is 28.7 Å². The molecule has 33 heavy (non-hydrogen) atoms. The monoisotopic (exact) mass is 442 g/mol. The van der Waals surface area contributed by atoms with Crippen molar-refractivity contribution in [2.75, 3.05) is 6.54 Å². The van der Waals surface area contributed by atoms with Crippen LogP contribution in [0.25, 0.3) is 27.3 Å². The molecule has 0 spiro atoms. The van der Waals surface area contributed by atoms with Crippen LogP contribution in [-0.2, 0) is 17.8 Å². The molecule has 5 rings (SSSR count). The summed E-state index contributed by atoms with van der Waals surface area (Å²) in [6.07, 6.45) is 0.0143. The number of nitrogens with zero attached hydrogens (tertiary/aromatic N) is 4. The summed E-state index contributed by atoms with van der Waals surface area (Å²) >= 11 is 0. The van der Waals surface area contributed by atoms with Crippen LogP contribution in [0.3, 0.4) is 0 Å². The van der Waals surface area contributed by atoms with Crippen LogP contribution in [0.5, 0.6) is 0 Å². The summed E-state index contributed by atoms with van der Waals surface area (Å²) in [6, 6.07) is 15.0. The molecule has 0 saturated carbocycles. The number of aromatic nitrogens is 5. The summed E-state index contributed by atoms with van der Waals surface area (Å²) in [6.45, 7) is 4.38. The number of pyridine rings is 1. The van der Waals surface area contributed by atoms with Crippen LogP contribution in [0, 0.1) is 13.8 Å². The van der Waals surface area contributed by atoms with Gasteiger partial charge in [0.15, 0.2) is 5.65 Å². The van der Waals surface area contributed by atoms with Gasteiger partial charge in [-0.05, 0) is 48.6 Å². The van der Waals surface area contributed by atoms with Gasteiger partial charge in [0.05, 0.1) is 29.6 Å². The van der Waals surface area contributed by atoms with E-state index < -0.39 is 0 Å². The smallest absolute Gasteiger partial charge is 0.350 e. The van der Waals surface area contributed by atoms with E-state index in [0.717, 1.165) is 22.0 Å². The van der Waals surface area contributed by atoms with E-state index >= 15 is 0 Å². The van der Waals surface area contributed by atoms with Gasteiger partial charge in [0.25, 0.3) is 5.56 Å². The highest BCUT2D eigenvalue weighted by molar-refractivity contribution is 5.88. The lowest BCUT2D eigenvalue weighted by molar-refractivity contribution is -0.120. The van der Waals surface area contributed by atoms with Crippen molar-refractivity contribution in [1.29, 1.82) is 0 Å². The number of nitrogens with one attached hydrogen (secondary N) is 2. The quantitative estimate of drug-likeness (QED) is 0.431. The zero-order valence-electron chi connectivity index (χ0n) is 18.3. The standard InChI is InChI=1S/C24H22N6O3/c1-14-7-8-16-12-15(2)22-28-29(24(33)30(22)20(16)11-14)10-9-25-21(31)13-19-17-5-3-4-6-18(17)23(32)27-26-19/h3-8,11-12H,9-10,13H2,1-2H3,(H,25,31)(H,27,32). The van der Waals surface area contributed by atoms with E-state index in [4.69, 9.17) is 0 Å². The zero-order valence-corrected chi connectivity index (χ0v) is 18.3. The first-order valence-corrected chi connectivity index (χ1v) is 10.6. The van der Waals surface area contributed by atoms with Crippen molar-refractivity contribution in [1.82, 2.24) is 29.7 Å². The molecule has 2 N–H and O–H groups in total. The second-order valence-corrected chi connectivity index (χ2v) is 8.13. The molecule has 5 aromatic rings. The molecule has 0 aliphatic heterocycles. The lowest BCUT2D eigenvalue weighted by Gasteiger charge is -2.06. The largest absolute Gasteiger partial charge is 0.354 e. The first-order chi connectivity index (χ1) is 15.9. The Labute approximate surface area is 187 Å². The minimum Gasteiger partial charge on any atom is -0.354 e. The molecule has 3 heterocycles. The Morgan fingerprint density at radius 3 is 2.67 bits per heavy atom. The maximum absolute atomic E-state index is 13.1. The molecule has 2 aromatic carbocycles. The van der Waals surface area contributed by atoms with Gasteiger partial charge >= 0.3 is 5.69 Å². The van der Waals surface area contributed by atoms with Gasteiger partial charge in [-0.25, -0.2) is 19.0 Å². The van der Waals surface area contributed by atoms with Crippen LogP contribution in [0.15, 0.2) is 58.1 Å². The summed E-state index contributed by atoms with van der Waals surface area (Å²) in [7, 11) is 0. The van der Waals surface area contributed by atoms with Gasteiger partial charge in [-0.2, -0.15) is 5.10 Å². The molecule has 0 aliphatic carbocycles. The Hall–Kier alpha value is -4.27. The number of carbonyl (C=O) groups excluding carboxylic acids is 1. The summed E-state index contributed by atoms with van der Waals surface area (Å²) < 4.78 is 2.99. The number of amides is 1. The lowest BCUT2D eigenvalue weighted by atomic mass is 10.1. The fourth-order valence-corrected chi connectivity index (χ4v) is 4.12. The van der Waals surface area contributed by atoms with Gasteiger partial charge in [0, 0.05) is 11.9 Å². The molecular weight excluding hydrogens is 420 g/mol. The highest BCUT2D eigenvalue weighted by atomic mass is 16.2. The van der Waals surface area contributed by atoms with Crippen molar-refractivity contribution >= 4 is 33.2 Å². The lowest BCUT2D eigenvalue weighted by Crippen LogP contribution is -2.32. The molecule has 9 nitrogen and oxygen atoms in total. The highest BCUT2D eigenvalue weighted by Crippen LogP contribution is 2.19. The maximum atomic E-state index is 13.1. The molecule has 166 valence electrons. The second-order valence-electron chi connectivity index (χ2n) is 8.13. The van der Waals surface area contributed by atoms with Gasteiger partial charge in [0.1, 0.15) is 0 Å². The molecule has 0 atom stereocenters. The number of fused-ring (bicyclic) bond motifs is 4. The fraction of sp³-hybridized carbons (Fsp3) is 0.208. The van der Waals surface area contributed by atoms with Crippen LogP contribution in [-0.4, -0.2) is 36.8 Å². The van der Waals surface area contributed by atoms with Crippen molar-refractivity contribution in [3.05, 3.63) is 86.2 Å². The van der Waals surface area contributed by atoms with E-state index in [1.165, 1.54) is 4.68 Å². The number of rotatable bonds is 5. The Kier molecular flexibility index (Phi) is 5.01. The number of hydrogen-bond donors (Lipinski definition) is 2. The Morgan fingerprint density at radius 2 is 1.85 bits per heavy atom. The first-order valence-electron chi connectivity index (χ1n) is 10.6. The molecule has 0 aliphatic rings. The second kappa shape index (κ2) is 8.01. The minimum atomic E-state index is -0.293. The van der Waals surface area contributed by atoms with E-state index in [2.05, 4.69) is 20.6 Å². The van der Waals surface area contributed by atoms with Gasteiger partial charge in [-0.1, -0.05) is 30.3 Å². The third-order valence-corrected chi connectivity index (χ3v) is 5.74. The van der Waals surface area contributed by atoms with Crippen molar-refractivity contribution in [2.45, 2.75) is 26.8 Å². The normalized spacial score (nSPS) is 11.5. The van der Waals surface area contributed by atoms with Crippen molar-refractivity contribution in [2.24, 2.45) is 0 Å². The predicted octanol–water partition coefficient (Wildman–Crippen LogP) is 1.86. The summed E-state index contributed by atoms with van der Waals surface area (Å²) in [4.78, 5) is 37.5. The summed E-state index contributed by atoms with van der Waals surface area (Å²) in [5, 5.41) is 15.9. The molecule has 0 bridgehead atoms. The Balaban J connectivity index is 1.35. The number of carbonyl (C=O) groups is 1. The van der Waals surface area contributed by atoms with E-state index in [1.807, 2.05) is 38.1 Å². The number of hydrogen-bond acceptors (Lipinski definition) is 5. The van der Waals surface area contributed by atoms with Crippen LogP contribution >= 0.6 is 0 Å². The molecular formula is C24H22N6O3. The minimum absolute atomic E-state index is 0.0143. The number of H-pyrrole nitrogens is 1. The van der Waals surface area contributed by atoms with Crippen LogP contribution in [0.1, 0.15) is 16.8 Å². The zero-order chi connectivity index (χ0) is 23.1. The molecule has 3 aromatic heterocycles. The Morgan fingerprint density at radius 1 is 1.06 bits per heavy atom. The predicted molar refractivity (Wildman–Crippen MR) is 126 cm³/mol. The first kappa shape index (κ1) is 20.6. The van der Waals surface area contributed by atoms with Crippen LogP contribution < -0.4 is 16.6 Å². The Bertz CT molecular complexity index is 1660. The number of benzene rings is 2. The summed E-state index contributed by atoms with van der Waals surface area (Å²) in [5.41, 5.74) is 3.33. The molecule has 0 radical (unpaired) electrons. The highest BCUT2D eigenvalue weighted by Gasteiger charge is 2.14. The molecule has 0 unspecified atom stereocenters. The molecule has 9 heteroatoms. The summed E-state index contributed by atoms with van der Waals surface area (Å²) in [5.74, 6) is -0.256. The van der Waals surface area contributed by atoms with Gasteiger partial charge < -0.3 is 5.32 Å². The van der Waals surface area contributed by atoms with Crippen molar-refractivity contribution in [3.63, 3.8) is 0 Å². The van der Waals surface area contributed by atoms with Crippen molar-refractivity contribution < 1.29 is 4.79 Å². The van der Waals surface area contributed by atoms with E-state index in [0.29, 0.717) is 22.1 Å². The SMILES string of the molecule is Cc1ccc2cc(C)c3nn(CCNC(=O)Cc4n[nH]c(=O)c5ccccc45)c(=O)n3c2c1. The average Bonchev–Trinajstić information content (AvgIpc) is 3.14. The van der Waals surface area contributed by atoms with Crippen LogP contribution in [0.4, 0.5) is 0 Å². The van der Waals surface area contributed by atoms with Crippen LogP contribution in [0.2, 0.25) is 0 Å². The third kappa shape index (κ3) is 3.67. The molecule has 1 amide bonds.